The van der Waals surface area contributed by atoms with Gasteiger partial charge in [0.15, 0.2) is 0 Å². The number of pyridine rings is 1. The lowest BCUT2D eigenvalue weighted by molar-refractivity contribution is 0.252. The lowest BCUT2D eigenvalue weighted by Crippen LogP contribution is -2.43. The molecule has 1 aliphatic rings. The molecule has 1 aromatic rings. The van der Waals surface area contributed by atoms with Crippen LogP contribution < -0.4 is 5.32 Å². The van der Waals surface area contributed by atoms with Crippen LogP contribution in [-0.4, -0.2) is 10.5 Å². The Hall–Kier alpha value is -0.410. The highest BCUT2D eigenvalue weighted by molar-refractivity contribution is 9.10. The molecule has 0 radical (unpaired) electrons. The van der Waals surface area contributed by atoms with Crippen molar-refractivity contribution in [3.8, 4) is 0 Å². The van der Waals surface area contributed by atoms with Crippen LogP contribution in [0.2, 0.25) is 0 Å². The topological polar surface area (TPSA) is 24.9 Å². The van der Waals surface area contributed by atoms with Crippen molar-refractivity contribution >= 4 is 15.9 Å². The van der Waals surface area contributed by atoms with Crippen LogP contribution in [0.15, 0.2) is 22.9 Å². The first-order chi connectivity index (χ1) is 7.68. The molecule has 16 heavy (non-hydrogen) atoms. The van der Waals surface area contributed by atoms with Gasteiger partial charge in [-0.25, -0.2) is 0 Å². The van der Waals surface area contributed by atoms with Gasteiger partial charge < -0.3 is 5.32 Å². The summed E-state index contributed by atoms with van der Waals surface area (Å²) in [5.74, 6) is 0. The van der Waals surface area contributed by atoms with Crippen molar-refractivity contribution in [2.75, 3.05) is 0 Å². The lowest BCUT2D eigenvalue weighted by Gasteiger charge is -2.34. The molecule has 1 fully saturated rings. The molecule has 1 N–H and O–H groups in total. The Kier molecular flexibility index (Phi) is 3.98. The zero-order chi connectivity index (χ0) is 11.4. The summed E-state index contributed by atoms with van der Waals surface area (Å²) in [5.41, 5.74) is 1.58. The van der Waals surface area contributed by atoms with E-state index in [-0.39, 0.29) is 0 Å². The molecule has 1 heterocycles. The summed E-state index contributed by atoms with van der Waals surface area (Å²) < 4.78 is 1.06. The van der Waals surface area contributed by atoms with Crippen molar-refractivity contribution in [3.05, 3.63) is 28.5 Å². The molecule has 0 atom stereocenters. The summed E-state index contributed by atoms with van der Waals surface area (Å²) in [6.07, 6.45) is 10.5. The molecular weight excluding hydrogens is 264 g/mol. The van der Waals surface area contributed by atoms with Gasteiger partial charge in [0.25, 0.3) is 0 Å². The summed E-state index contributed by atoms with van der Waals surface area (Å²) in [4.78, 5) is 4.18. The first kappa shape index (κ1) is 12.1. The SMILES string of the molecule is CC1(NCc2cncc(Br)c2)CCCCC1. The first-order valence-electron chi connectivity index (χ1n) is 6.02. The first-order valence-corrected chi connectivity index (χ1v) is 6.82. The average Bonchev–Trinajstić information content (AvgIpc) is 2.28. The summed E-state index contributed by atoms with van der Waals surface area (Å²) in [6, 6.07) is 2.13. The third-order valence-corrected chi connectivity index (χ3v) is 3.87. The average molecular weight is 283 g/mol. The number of nitrogens with zero attached hydrogens (tertiary/aromatic N) is 1. The van der Waals surface area contributed by atoms with Gasteiger partial charge in [-0.1, -0.05) is 19.3 Å². The van der Waals surface area contributed by atoms with Crippen LogP contribution in [0.1, 0.15) is 44.6 Å². The molecule has 2 nitrogen and oxygen atoms in total. The van der Waals surface area contributed by atoms with E-state index in [2.05, 4.69) is 39.2 Å². The monoisotopic (exact) mass is 282 g/mol. The van der Waals surface area contributed by atoms with Crippen molar-refractivity contribution in [3.63, 3.8) is 0 Å². The van der Waals surface area contributed by atoms with Gasteiger partial charge >= 0.3 is 0 Å². The van der Waals surface area contributed by atoms with E-state index in [9.17, 15) is 0 Å². The molecule has 0 aromatic carbocycles. The molecule has 0 amide bonds. The Labute approximate surface area is 106 Å². The minimum Gasteiger partial charge on any atom is -0.307 e. The Morgan fingerprint density at radius 1 is 1.31 bits per heavy atom. The van der Waals surface area contributed by atoms with Crippen molar-refractivity contribution in [1.82, 2.24) is 10.3 Å². The third-order valence-electron chi connectivity index (χ3n) is 3.44. The van der Waals surface area contributed by atoms with Gasteiger partial charge in [-0.15, -0.1) is 0 Å². The van der Waals surface area contributed by atoms with Crippen LogP contribution in [0.4, 0.5) is 0 Å². The molecule has 2 rings (SSSR count). The van der Waals surface area contributed by atoms with Crippen LogP contribution in [0.3, 0.4) is 0 Å². The van der Waals surface area contributed by atoms with Crippen LogP contribution >= 0.6 is 15.9 Å². The van der Waals surface area contributed by atoms with Crippen LogP contribution in [0, 0.1) is 0 Å². The Bertz CT molecular complexity index is 346. The van der Waals surface area contributed by atoms with E-state index in [1.807, 2.05) is 12.4 Å². The smallest absolute Gasteiger partial charge is 0.0410 e. The summed E-state index contributed by atoms with van der Waals surface area (Å²) in [6.45, 7) is 3.26. The summed E-state index contributed by atoms with van der Waals surface area (Å²) >= 11 is 3.45. The minimum atomic E-state index is 0.334. The maximum absolute atomic E-state index is 4.18. The van der Waals surface area contributed by atoms with E-state index in [1.165, 1.54) is 37.7 Å². The zero-order valence-electron chi connectivity index (χ0n) is 9.80. The molecule has 1 aromatic heterocycles. The van der Waals surface area contributed by atoms with Gasteiger partial charge in [0, 0.05) is 29.0 Å². The van der Waals surface area contributed by atoms with Gasteiger partial charge in [-0.05, 0) is 47.3 Å². The fourth-order valence-electron chi connectivity index (χ4n) is 2.38. The summed E-state index contributed by atoms with van der Waals surface area (Å²) in [7, 11) is 0. The normalized spacial score (nSPS) is 19.6. The number of rotatable bonds is 3. The van der Waals surface area contributed by atoms with E-state index in [1.54, 1.807) is 0 Å². The van der Waals surface area contributed by atoms with E-state index in [0.717, 1.165) is 11.0 Å². The maximum Gasteiger partial charge on any atom is 0.0410 e. The number of hydrogen-bond donors (Lipinski definition) is 1. The molecule has 1 aliphatic carbocycles. The quantitative estimate of drug-likeness (QED) is 0.915. The van der Waals surface area contributed by atoms with Gasteiger partial charge in [0.05, 0.1) is 0 Å². The predicted molar refractivity (Wildman–Crippen MR) is 70.3 cm³/mol. The van der Waals surface area contributed by atoms with Crippen molar-refractivity contribution in [1.29, 1.82) is 0 Å². The van der Waals surface area contributed by atoms with E-state index < -0.39 is 0 Å². The van der Waals surface area contributed by atoms with E-state index in [4.69, 9.17) is 0 Å². The molecule has 3 heteroatoms. The standard InChI is InChI=1S/C13H19BrN2/c1-13(5-3-2-4-6-13)16-9-11-7-12(14)10-15-8-11/h7-8,10,16H,2-6,9H2,1H3. The maximum atomic E-state index is 4.18. The number of hydrogen-bond acceptors (Lipinski definition) is 2. The second kappa shape index (κ2) is 5.28. The molecule has 0 aliphatic heterocycles. The fraction of sp³-hybridized carbons (Fsp3) is 0.615. The van der Waals surface area contributed by atoms with Crippen molar-refractivity contribution < 1.29 is 0 Å². The highest BCUT2D eigenvalue weighted by atomic mass is 79.9. The third kappa shape index (κ3) is 3.29. The van der Waals surface area contributed by atoms with Crippen LogP contribution in [0.25, 0.3) is 0 Å². The van der Waals surface area contributed by atoms with Crippen molar-refractivity contribution in [2.24, 2.45) is 0 Å². The molecule has 1 saturated carbocycles. The highest BCUT2D eigenvalue weighted by Crippen LogP contribution is 2.27. The van der Waals surface area contributed by atoms with Gasteiger partial charge in [0.1, 0.15) is 0 Å². The Morgan fingerprint density at radius 3 is 2.75 bits per heavy atom. The van der Waals surface area contributed by atoms with Crippen molar-refractivity contribution in [2.45, 2.75) is 51.1 Å². The van der Waals surface area contributed by atoms with Gasteiger partial charge in [-0.3, -0.25) is 4.98 Å². The fourth-order valence-corrected chi connectivity index (χ4v) is 2.79. The minimum absolute atomic E-state index is 0.334. The van der Waals surface area contributed by atoms with Crippen LogP contribution in [0.5, 0.6) is 0 Å². The highest BCUT2D eigenvalue weighted by Gasteiger charge is 2.25. The van der Waals surface area contributed by atoms with E-state index in [0.29, 0.717) is 5.54 Å². The number of nitrogens with one attached hydrogen (secondary N) is 1. The number of aromatic nitrogens is 1. The summed E-state index contributed by atoms with van der Waals surface area (Å²) in [5, 5.41) is 3.68. The molecule has 0 bridgehead atoms. The molecular formula is C13H19BrN2. The lowest BCUT2D eigenvalue weighted by atomic mass is 9.83. The second-order valence-corrected chi connectivity index (χ2v) is 5.90. The Morgan fingerprint density at radius 2 is 2.06 bits per heavy atom. The van der Waals surface area contributed by atoms with E-state index >= 15 is 0 Å². The molecule has 0 spiro atoms. The largest absolute Gasteiger partial charge is 0.307 e. The molecule has 88 valence electrons. The second-order valence-electron chi connectivity index (χ2n) is 4.99. The van der Waals surface area contributed by atoms with Gasteiger partial charge in [-0.2, -0.15) is 0 Å². The predicted octanol–water partition coefficient (Wildman–Crippen LogP) is 3.66. The number of halogens is 1. The van der Waals surface area contributed by atoms with Crippen LogP contribution in [-0.2, 0) is 6.54 Å². The zero-order valence-corrected chi connectivity index (χ0v) is 11.4. The molecule has 0 unspecified atom stereocenters. The Balaban J connectivity index is 1.91. The molecule has 0 saturated heterocycles. The van der Waals surface area contributed by atoms with Gasteiger partial charge in [0.2, 0.25) is 0 Å².